The van der Waals surface area contributed by atoms with Crippen molar-refractivity contribution >= 4 is 5.97 Å². The molecule has 1 N–H and O–H groups in total. The average Bonchev–Trinajstić information content (AvgIpc) is 2.28. The molecule has 0 heterocycles. The molecule has 16 heavy (non-hydrogen) atoms. The van der Waals surface area contributed by atoms with Crippen LogP contribution < -0.4 is 4.74 Å². The van der Waals surface area contributed by atoms with Gasteiger partial charge in [-0.05, 0) is 48.4 Å². The van der Waals surface area contributed by atoms with E-state index in [0.717, 1.165) is 30.6 Å². The largest absolute Gasteiger partial charge is 0.497 e. The molecule has 0 unspecified atom stereocenters. The summed E-state index contributed by atoms with van der Waals surface area (Å²) < 4.78 is 5.19. The van der Waals surface area contributed by atoms with Crippen molar-refractivity contribution in [2.45, 2.75) is 31.6 Å². The summed E-state index contributed by atoms with van der Waals surface area (Å²) >= 11 is 0. The molecule has 3 heteroatoms. The number of rotatable bonds is 3. The highest BCUT2D eigenvalue weighted by Gasteiger charge is 2.22. The minimum absolute atomic E-state index is 0.149. The number of carboxylic acid groups (broad SMARTS) is 1. The quantitative estimate of drug-likeness (QED) is 0.851. The number of aliphatic carboxylic acids is 1. The first-order valence-corrected chi connectivity index (χ1v) is 5.59. The van der Waals surface area contributed by atoms with Gasteiger partial charge in [0.15, 0.2) is 0 Å². The molecule has 0 bridgehead atoms. The van der Waals surface area contributed by atoms with Gasteiger partial charge in [-0.1, -0.05) is 6.07 Å². The highest BCUT2D eigenvalue weighted by atomic mass is 16.5. The van der Waals surface area contributed by atoms with Gasteiger partial charge in [-0.2, -0.15) is 0 Å². The average molecular weight is 220 g/mol. The molecule has 3 nitrogen and oxygen atoms in total. The zero-order valence-electron chi connectivity index (χ0n) is 9.40. The number of hydrogen-bond acceptors (Lipinski definition) is 2. The molecule has 0 aliphatic heterocycles. The van der Waals surface area contributed by atoms with Gasteiger partial charge < -0.3 is 9.84 Å². The fraction of sp³-hybridized carbons (Fsp3) is 0.462. The van der Waals surface area contributed by atoms with Gasteiger partial charge in [0.25, 0.3) is 0 Å². The van der Waals surface area contributed by atoms with Gasteiger partial charge in [0, 0.05) is 0 Å². The van der Waals surface area contributed by atoms with E-state index in [0.29, 0.717) is 0 Å². The standard InChI is InChI=1S/C13H16O3/c1-16-11-6-5-9-3-2-4-10(7-13(14)15)12(9)8-11/h5-6,8,10H,2-4,7H2,1H3,(H,14,15)/t10-/m1/s1. The van der Waals surface area contributed by atoms with Crippen molar-refractivity contribution in [1.29, 1.82) is 0 Å². The molecule has 1 atom stereocenters. The number of carbonyl (C=O) groups is 1. The van der Waals surface area contributed by atoms with Crippen LogP contribution in [0.3, 0.4) is 0 Å². The van der Waals surface area contributed by atoms with Gasteiger partial charge in [-0.15, -0.1) is 0 Å². The summed E-state index contributed by atoms with van der Waals surface area (Å²) in [6.07, 6.45) is 3.32. The van der Waals surface area contributed by atoms with Gasteiger partial charge in [0.05, 0.1) is 13.5 Å². The summed E-state index contributed by atoms with van der Waals surface area (Å²) in [5.41, 5.74) is 2.44. The Balaban J connectivity index is 2.31. The van der Waals surface area contributed by atoms with Crippen LogP contribution in [0.2, 0.25) is 0 Å². The van der Waals surface area contributed by atoms with E-state index in [2.05, 4.69) is 6.07 Å². The van der Waals surface area contributed by atoms with Gasteiger partial charge in [0.2, 0.25) is 0 Å². The molecule has 0 amide bonds. The summed E-state index contributed by atoms with van der Waals surface area (Å²) in [5.74, 6) is 0.244. The predicted molar refractivity (Wildman–Crippen MR) is 60.9 cm³/mol. The van der Waals surface area contributed by atoms with Gasteiger partial charge >= 0.3 is 5.97 Å². The SMILES string of the molecule is COc1ccc2c(c1)[C@@H](CC(=O)O)CCC2. The van der Waals surface area contributed by atoms with Crippen LogP contribution in [0, 0.1) is 0 Å². The lowest BCUT2D eigenvalue weighted by atomic mass is 9.81. The van der Waals surface area contributed by atoms with Crippen LogP contribution in [0.15, 0.2) is 18.2 Å². The highest BCUT2D eigenvalue weighted by Crippen LogP contribution is 2.35. The molecular weight excluding hydrogens is 204 g/mol. The lowest BCUT2D eigenvalue weighted by Crippen LogP contribution is -2.13. The number of methoxy groups -OCH3 is 1. The molecule has 1 aromatic rings. The molecule has 1 aliphatic carbocycles. The molecule has 0 saturated heterocycles. The van der Waals surface area contributed by atoms with Crippen molar-refractivity contribution in [3.05, 3.63) is 29.3 Å². The second kappa shape index (κ2) is 4.56. The maximum atomic E-state index is 10.8. The maximum absolute atomic E-state index is 10.8. The van der Waals surface area contributed by atoms with Crippen molar-refractivity contribution in [3.63, 3.8) is 0 Å². The first-order chi connectivity index (χ1) is 7.70. The Labute approximate surface area is 95.0 Å². The zero-order chi connectivity index (χ0) is 11.5. The monoisotopic (exact) mass is 220 g/mol. The molecule has 0 radical (unpaired) electrons. The summed E-state index contributed by atoms with van der Waals surface area (Å²) in [6.45, 7) is 0. The molecule has 2 rings (SSSR count). The van der Waals surface area contributed by atoms with E-state index in [9.17, 15) is 4.79 Å². The van der Waals surface area contributed by atoms with Gasteiger partial charge in [-0.3, -0.25) is 4.79 Å². The molecule has 0 spiro atoms. The van der Waals surface area contributed by atoms with Crippen molar-refractivity contribution in [2.75, 3.05) is 7.11 Å². The number of carboxylic acids is 1. The molecule has 1 aromatic carbocycles. The fourth-order valence-electron chi connectivity index (χ4n) is 2.42. The Morgan fingerprint density at radius 2 is 2.38 bits per heavy atom. The van der Waals surface area contributed by atoms with Crippen LogP contribution in [0.5, 0.6) is 5.75 Å². The predicted octanol–water partition coefficient (Wildman–Crippen LogP) is 2.59. The maximum Gasteiger partial charge on any atom is 0.303 e. The Kier molecular flexibility index (Phi) is 3.13. The van der Waals surface area contributed by atoms with Crippen molar-refractivity contribution < 1.29 is 14.6 Å². The van der Waals surface area contributed by atoms with Crippen LogP contribution in [-0.2, 0) is 11.2 Å². The lowest BCUT2D eigenvalue weighted by molar-refractivity contribution is -0.137. The molecule has 0 fully saturated rings. The number of benzene rings is 1. The zero-order valence-corrected chi connectivity index (χ0v) is 9.40. The topological polar surface area (TPSA) is 46.5 Å². The van der Waals surface area contributed by atoms with Gasteiger partial charge in [0.1, 0.15) is 5.75 Å². The molecule has 86 valence electrons. The van der Waals surface area contributed by atoms with E-state index >= 15 is 0 Å². The first kappa shape index (κ1) is 11.0. The second-order valence-electron chi connectivity index (χ2n) is 4.25. The van der Waals surface area contributed by atoms with E-state index < -0.39 is 5.97 Å². The van der Waals surface area contributed by atoms with E-state index in [1.165, 1.54) is 5.56 Å². The number of hydrogen-bond donors (Lipinski definition) is 1. The highest BCUT2D eigenvalue weighted by molar-refractivity contribution is 5.68. The summed E-state index contributed by atoms with van der Waals surface area (Å²) in [4.78, 5) is 10.8. The minimum atomic E-state index is -0.722. The third-order valence-corrected chi connectivity index (χ3v) is 3.21. The normalized spacial score (nSPS) is 18.9. The van der Waals surface area contributed by atoms with E-state index in [-0.39, 0.29) is 12.3 Å². The Morgan fingerprint density at radius 3 is 3.06 bits per heavy atom. The van der Waals surface area contributed by atoms with E-state index in [1.807, 2.05) is 12.1 Å². The second-order valence-corrected chi connectivity index (χ2v) is 4.25. The van der Waals surface area contributed by atoms with Crippen LogP contribution >= 0.6 is 0 Å². The van der Waals surface area contributed by atoms with Crippen LogP contribution in [0.4, 0.5) is 0 Å². The summed E-state index contributed by atoms with van der Waals surface area (Å²) in [6, 6.07) is 5.99. The van der Waals surface area contributed by atoms with Crippen LogP contribution in [0.1, 0.15) is 36.3 Å². The third kappa shape index (κ3) is 2.18. The fourth-order valence-corrected chi connectivity index (χ4v) is 2.42. The van der Waals surface area contributed by atoms with Crippen molar-refractivity contribution in [3.8, 4) is 5.75 Å². The molecule has 0 aromatic heterocycles. The Bertz CT molecular complexity index is 398. The van der Waals surface area contributed by atoms with E-state index in [1.54, 1.807) is 7.11 Å². The number of fused-ring (bicyclic) bond motifs is 1. The van der Waals surface area contributed by atoms with Gasteiger partial charge in [-0.25, -0.2) is 0 Å². The first-order valence-electron chi connectivity index (χ1n) is 5.59. The number of ether oxygens (including phenoxy) is 1. The molecular formula is C13H16O3. The van der Waals surface area contributed by atoms with E-state index in [4.69, 9.17) is 9.84 Å². The summed E-state index contributed by atoms with van der Waals surface area (Å²) in [5, 5.41) is 8.89. The third-order valence-electron chi connectivity index (χ3n) is 3.21. The van der Waals surface area contributed by atoms with Crippen LogP contribution in [-0.4, -0.2) is 18.2 Å². The van der Waals surface area contributed by atoms with Crippen molar-refractivity contribution in [2.24, 2.45) is 0 Å². The minimum Gasteiger partial charge on any atom is -0.497 e. The van der Waals surface area contributed by atoms with Crippen LogP contribution in [0.25, 0.3) is 0 Å². The molecule has 0 saturated carbocycles. The van der Waals surface area contributed by atoms with Crippen molar-refractivity contribution in [1.82, 2.24) is 0 Å². The molecule has 1 aliphatic rings. The lowest BCUT2D eigenvalue weighted by Gasteiger charge is -2.24. The smallest absolute Gasteiger partial charge is 0.303 e. The number of aryl methyl sites for hydroxylation is 1. The Hall–Kier alpha value is -1.51. The summed E-state index contributed by atoms with van der Waals surface area (Å²) in [7, 11) is 1.64. The Morgan fingerprint density at radius 1 is 1.56 bits per heavy atom.